The van der Waals surface area contributed by atoms with Gasteiger partial charge in [0.15, 0.2) is 0 Å². The van der Waals surface area contributed by atoms with Gasteiger partial charge in [-0.15, -0.1) is 0 Å². The molecule has 1 rings (SSSR count). The molecule has 60 valence electrons. The van der Waals surface area contributed by atoms with Gasteiger partial charge in [-0.3, -0.25) is 9.46 Å². The largest absolute Gasteiger partial charge is 0.483 e. The van der Waals surface area contributed by atoms with Crippen LogP contribution in [-0.2, 0) is 4.79 Å². The maximum absolute atomic E-state index is 8.36. The highest BCUT2D eigenvalue weighted by atomic mass is 31.0. The second kappa shape index (κ2) is 5.63. The van der Waals surface area contributed by atoms with Crippen LogP contribution >= 0.6 is 9.39 Å². The van der Waals surface area contributed by atoms with Crippen LogP contribution in [0, 0.1) is 0 Å². The van der Waals surface area contributed by atoms with Crippen LogP contribution < -0.4 is 0 Å². The molecule has 0 aromatic heterocycles. The third-order valence-electron chi connectivity index (χ3n) is 1.60. The Kier molecular flexibility index (Phi) is 5.55. The number of carbonyl (C=O) groups is 1. The van der Waals surface area contributed by atoms with E-state index in [0.29, 0.717) is 0 Å². The van der Waals surface area contributed by atoms with Crippen molar-refractivity contribution in [1.29, 1.82) is 0 Å². The Morgan fingerprint density at radius 3 is 2.40 bits per heavy atom. The highest BCUT2D eigenvalue weighted by Gasteiger charge is 2.14. The molecule has 0 amide bonds. The topological polar surface area (TPSA) is 40.5 Å². The Morgan fingerprint density at radius 1 is 1.80 bits per heavy atom. The molecule has 2 unspecified atom stereocenters. The lowest BCUT2D eigenvalue weighted by atomic mass is 10.3. The minimum atomic E-state index is -0.250. The lowest BCUT2D eigenvalue weighted by Crippen LogP contribution is -2.13. The molecule has 0 aliphatic carbocycles. The average Bonchev–Trinajstić information content (AvgIpc) is 2.19. The summed E-state index contributed by atoms with van der Waals surface area (Å²) in [5.41, 5.74) is 0. The van der Waals surface area contributed by atoms with E-state index in [0.717, 1.165) is 6.04 Å². The van der Waals surface area contributed by atoms with Gasteiger partial charge in [0.25, 0.3) is 6.47 Å². The molecule has 0 spiro atoms. The van der Waals surface area contributed by atoms with Crippen LogP contribution in [-0.4, -0.2) is 28.8 Å². The van der Waals surface area contributed by atoms with Gasteiger partial charge in [-0.05, 0) is 19.8 Å². The third kappa shape index (κ3) is 3.80. The summed E-state index contributed by atoms with van der Waals surface area (Å²) in [4.78, 5) is 8.36. The van der Waals surface area contributed by atoms with E-state index in [1.54, 1.807) is 0 Å². The van der Waals surface area contributed by atoms with E-state index < -0.39 is 0 Å². The quantitative estimate of drug-likeness (QED) is 0.427. The summed E-state index contributed by atoms with van der Waals surface area (Å²) in [5, 5.41) is 6.89. The van der Waals surface area contributed by atoms with Crippen molar-refractivity contribution >= 4 is 15.9 Å². The summed E-state index contributed by atoms with van der Waals surface area (Å²) >= 11 is 0. The molecule has 3 nitrogen and oxygen atoms in total. The van der Waals surface area contributed by atoms with Crippen LogP contribution in [0.15, 0.2) is 0 Å². The smallest absolute Gasteiger partial charge is 0.290 e. The second-order valence-electron chi connectivity index (χ2n) is 2.33. The van der Waals surface area contributed by atoms with Crippen molar-refractivity contribution in [3.63, 3.8) is 0 Å². The number of hydrogen-bond acceptors (Lipinski definition) is 2. The molecule has 1 saturated heterocycles. The van der Waals surface area contributed by atoms with Gasteiger partial charge in [0.1, 0.15) is 0 Å². The average molecular weight is 163 g/mol. The van der Waals surface area contributed by atoms with E-state index in [1.807, 2.05) is 0 Å². The van der Waals surface area contributed by atoms with E-state index in [1.165, 1.54) is 19.4 Å². The minimum absolute atomic E-state index is 0.250. The zero-order valence-electron chi connectivity index (χ0n) is 6.16. The zero-order chi connectivity index (χ0) is 7.98. The fourth-order valence-corrected chi connectivity index (χ4v) is 1.29. The van der Waals surface area contributed by atoms with E-state index in [-0.39, 0.29) is 6.47 Å². The van der Waals surface area contributed by atoms with Gasteiger partial charge in [-0.1, -0.05) is 9.39 Å². The van der Waals surface area contributed by atoms with Gasteiger partial charge in [0.05, 0.1) is 0 Å². The molecular weight excluding hydrogens is 149 g/mol. The van der Waals surface area contributed by atoms with Gasteiger partial charge in [-0.2, -0.15) is 0 Å². The lowest BCUT2D eigenvalue weighted by Gasteiger charge is -2.11. The van der Waals surface area contributed by atoms with Crippen LogP contribution in [0.1, 0.15) is 19.8 Å². The lowest BCUT2D eigenvalue weighted by molar-refractivity contribution is -0.122. The van der Waals surface area contributed by atoms with E-state index in [2.05, 4.69) is 21.0 Å². The summed E-state index contributed by atoms with van der Waals surface area (Å²) < 4.78 is 2.32. The van der Waals surface area contributed by atoms with E-state index in [9.17, 15) is 0 Å². The maximum Gasteiger partial charge on any atom is 0.290 e. The molecule has 10 heavy (non-hydrogen) atoms. The number of nitrogens with zero attached hydrogens (tertiary/aromatic N) is 1. The van der Waals surface area contributed by atoms with Crippen molar-refractivity contribution < 1.29 is 9.90 Å². The van der Waals surface area contributed by atoms with Crippen LogP contribution in [0.2, 0.25) is 0 Å². The molecule has 4 heteroatoms. The third-order valence-corrected chi connectivity index (χ3v) is 2.37. The van der Waals surface area contributed by atoms with E-state index in [4.69, 9.17) is 9.90 Å². The summed E-state index contributed by atoms with van der Waals surface area (Å²) in [7, 11) is 2.75. The minimum Gasteiger partial charge on any atom is -0.483 e. The predicted octanol–water partition coefficient (Wildman–Crippen LogP) is 0.962. The zero-order valence-corrected chi connectivity index (χ0v) is 7.31. The monoisotopic (exact) mass is 163 g/mol. The molecule has 1 heterocycles. The van der Waals surface area contributed by atoms with Gasteiger partial charge in [0.2, 0.25) is 0 Å². The number of hydrogen-bond donors (Lipinski definition) is 1. The van der Waals surface area contributed by atoms with Gasteiger partial charge < -0.3 is 5.11 Å². The molecular formula is C6H14NO2P. The Bertz CT molecular complexity index is 91.7. The van der Waals surface area contributed by atoms with Crippen molar-refractivity contribution in [2.45, 2.75) is 25.8 Å². The molecule has 0 bridgehead atoms. The van der Waals surface area contributed by atoms with Crippen molar-refractivity contribution in [2.75, 3.05) is 6.54 Å². The highest BCUT2D eigenvalue weighted by Crippen LogP contribution is 2.19. The Hall–Kier alpha value is -0.140. The summed E-state index contributed by atoms with van der Waals surface area (Å²) in [6.07, 6.45) is 2.76. The van der Waals surface area contributed by atoms with Gasteiger partial charge >= 0.3 is 0 Å². The number of rotatable bonds is 0. The Balaban J connectivity index is 0.000000236. The summed E-state index contributed by atoms with van der Waals surface area (Å²) in [6.45, 7) is 3.28. The fraction of sp³-hybridized carbons (Fsp3) is 0.833. The van der Waals surface area contributed by atoms with Crippen LogP contribution in [0.25, 0.3) is 0 Å². The SMILES string of the molecule is CC1CCCN1P.O=CO. The van der Waals surface area contributed by atoms with Gasteiger partial charge in [0, 0.05) is 12.6 Å². The first kappa shape index (κ1) is 9.86. The molecule has 0 radical (unpaired) electrons. The van der Waals surface area contributed by atoms with Crippen LogP contribution in [0.4, 0.5) is 0 Å². The molecule has 1 fully saturated rings. The Labute approximate surface area is 63.7 Å². The molecule has 0 aromatic carbocycles. The molecule has 1 aliphatic heterocycles. The van der Waals surface area contributed by atoms with Crippen molar-refractivity contribution in [1.82, 2.24) is 4.67 Å². The standard InChI is InChI=1S/C5H12NP.CH2O2/c1-5-3-2-4-6(5)7;2-1-3/h5H,2-4,7H2,1H3;1H,(H,2,3). The normalized spacial score (nSPS) is 25.2. The van der Waals surface area contributed by atoms with E-state index >= 15 is 0 Å². The summed E-state index contributed by atoms with van der Waals surface area (Å²) in [6, 6.07) is 0.810. The maximum atomic E-state index is 8.36. The first-order chi connectivity index (χ1) is 4.72. The van der Waals surface area contributed by atoms with Crippen molar-refractivity contribution in [2.24, 2.45) is 0 Å². The molecule has 1 N–H and O–H groups in total. The molecule has 0 aromatic rings. The molecule has 1 aliphatic rings. The van der Waals surface area contributed by atoms with Crippen molar-refractivity contribution in [3.8, 4) is 0 Å². The predicted molar refractivity (Wildman–Crippen MR) is 43.8 cm³/mol. The van der Waals surface area contributed by atoms with Crippen LogP contribution in [0.5, 0.6) is 0 Å². The highest BCUT2D eigenvalue weighted by molar-refractivity contribution is 7.13. The Morgan fingerprint density at radius 2 is 2.30 bits per heavy atom. The van der Waals surface area contributed by atoms with Crippen molar-refractivity contribution in [3.05, 3.63) is 0 Å². The first-order valence-corrected chi connectivity index (χ1v) is 3.83. The second-order valence-corrected chi connectivity index (χ2v) is 3.00. The van der Waals surface area contributed by atoms with Gasteiger partial charge in [-0.25, -0.2) is 0 Å². The molecule has 2 atom stereocenters. The molecule has 0 saturated carbocycles. The number of carboxylic acid groups (broad SMARTS) is 1. The fourth-order valence-electron chi connectivity index (χ4n) is 0.955. The van der Waals surface area contributed by atoms with Crippen LogP contribution in [0.3, 0.4) is 0 Å². The first-order valence-electron chi connectivity index (χ1n) is 3.31. The summed E-state index contributed by atoms with van der Waals surface area (Å²) in [5.74, 6) is 0.